The van der Waals surface area contributed by atoms with Crippen LogP contribution < -0.4 is 0 Å². The number of para-hydroxylation sites is 1. The van der Waals surface area contributed by atoms with E-state index in [0.29, 0.717) is 17.0 Å². The smallest absolute Gasteiger partial charge is 0.180 e. The molecule has 0 atom stereocenters. The number of rotatable bonds is 2. The van der Waals surface area contributed by atoms with Gasteiger partial charge in [-0.3, -0.25) is 0 Å². The van der Waals surface area contributed by atoms with Crippen LogP contribution in [0.4, 0.5) is 0 Å². The summed E-state index contributed by atoms with van der Waals surface area (Å²) in [6.07, 6.45) is 0. The number of nitrogens with zero attached hydrogens (tertiary/aromatic N) is 2. The molecule has 0 bridgehead atoms. The van der Waals surface area contributed by atoms with Crippen molar-refractivity contribution in [3.05, 3.63) is 133 Å². The Morgan fingerprint density at radius 3 is 1.68 bits per heavy atom. The molecule has 0 aliphatic rings. The molecular weight excluding hydrogens is 540 g/mol. The zero-order chi connectivity index (χ0) is 28.8. The minimum atomic E-state index is 0.653. The number of hydrogen-bond acceptors (Lipinski definition) is 4. The van der Waals surface area contributed by atoms with Gasteiger partial charge in [-0.1, -0.05) is 109 Å². The Hall–Kier alpha value is -6.00. The van der Waals surface area contributed by atoms with Crippen LogP contribution in [-0.2, 0) is 0 Å². The third kappa shape index (κ3) is 3.22. The summed E-state index contributed by atoms with van der Waals surface area (Å²) in [6, 6.07) is 46.3. The van der Waals surface area contributed by atoms with Crippen LogP contribution in [0.1, 0.15) is 0 Å². The molecule has 10 rings (SSSR count). The molecule has 4 nitrogen and oxygen atoms in total. The number of aromatic nitrogens is 2. The summed E-state index contributed by atoms with van der Waals surface area (Å²) >= 11 is 0. The summed E-state index contributed by atoms with van der Waals surface area (Å²) in [5.74, 6) is 0.655. The molecule has 204 valence electrons. The average Bonchev–Trinajstić information content (AvgIpc) is 3.67. The maximum atomic E-state index is 6.63. The summed E-state index contributed by atoms with van der Waals surface area (Å²) in [5, 5.41) is 10.4. The molecule has 0 saturated heterocycles. The quantitative estimate of drug-likeness (QED) is 0.197. The Bertz CT molecular complexity index is 2740. The number of hydrogen-bond donors (Lipinski definition) is 0. The van der Waals surface area contributed by atoms with Crippen molar-refractivity contribution >= 4 is 76.3 Å². The number of benzene rings is 7. The number of fused-ring (bicyclic) bond motifs is 13. The van der Waals surface area contributed by atoms with Crippen LogP contribution in [0, 0.1) is 0 Å². The van der Waals surface area contributed by atoms with E-state index in [0.717, 1.165) is 49.7 Å². The van der Waals surface area contributed by atoms with Crippen LogP contribution >= 0.6 is 0 Å². The van der Waals surface area contributed by atoms with Crippen molar-refractivity contribution in [2.75, 3.05) is 0 Å². The maximum Gasteiger partial charge on any atom is 0.180 e. The molecule has 0 amide bonds. The molecular formula is C40H22N2O2. The highest BCUT2D eigenvalue weighted by molar-refractivity contribution is 6.26. The normalized spacial score (nSPS) is 12.1. The average molecular weight is 563 g/mol. The van der Waals surface area contributed by atoms with Crippen molar-refractivity contribution in [2.45, 2.75) is 0 Å². The highest BCUT2D eigenvalue weighted by Gasteiger charge is 2.22. The maximum absolute atomic E-state index is 6.63. The van der Waals surface area contributed by atoms with E-state index in [1.807, 2.05) is 36.4 Å². The Balaban J connectivity index is 1.30. The topological polar surface area (TPSA) is 52.1 Å². The molecule has 0 aliphatic heterocycles. The minimum absolute atomic E-state index is 0.653. The van der Waals surface area contributed by atoms with E-state index < -0.39 is 0 Å². The van der Waals surface area contributed by atoms with Crippen LogP contribution in [0.25, 0.3) is 99.0 Å². The second kappa shape index (κ2) is 8.76. The van der Waals surface area contributed by atoms with Crippen molar-refractivity contribution in [3.63, 3.8) is 0 Å². The molecule has 10 aromatic rings. The summed E-state index contributed by atoms with van der Waals surface area (Å²) in [6.45, 7) is 0. The van der Waals surface area contributed by atoms with E-state index in [1.165, 1.54) is 32.3 Å². The molecule has 0 N–H and O–H groups in total. The second-order valence-corrected chi connectivity index (χ2v) is 11.3. The molecule has 0 saturated carbocycles. The summed E-state index contributed by atoms with van der Waals surface area (Å²) in [4.78, 5) is 10.4. The first-order valence-corrected chi connectivity index (χ1v) is 14.8. The Kier molecular flexibility index (Phi) is 4.69. The summed E-state index contributed by atoms with van der Waals surface area (Å²) in [5.41, 5.74) is 6.36. The van der Waals surface area contributed by atoms with Crippen molar-refractivity contribution in [2.24, 2.45) is 0 Å². The van der Waals surface area contributed by atoms with E-state index in [-0.39, 0.29) is 0 Å². The van der Waals surface area contributed by atoms with Gasteiger partial charge in [0.25, 0.3) is 0 Å². The predicted molar refractivity (Wildman–Crippen MR) is 180 cm³/mol. The van der Waals surface area contributed by atoms with Gasteiger partial charge in [-0.25, -0.2) is 9.97 Å². The lowest BCUT2D eigenvalue weighted by Crippen LogP contribution is -1.94. The fourth-order valence-corrected chi connectivity index (χ4v) is 6.85. The molecule has 0 fully saturated rings. The predicted octanol–water partition coefficient (Wildman–Crippen LogP) is 11.1. The number of furan rings is 2. The van der Waals surface area contributed by atoms with Gasteiger partial charge in [0.05, 0.1) is 5.39 Å². The largest absolute Gasteiger partial charge is 0.452 e. The van der Waals surface area contributed by atoms with E-state index in [2.05, 4.69) is 97.1 Å². The third-order valence-electron chi connectivity index (χ3n) is 8.88. The molecule has 7 aromatic carbocycles. The van der Waals surface area contributed by atoms with Gasteiger partial charge in [0.1, 0.15) is 16.8 Å². The summed E-state index contributed by atoms with van der Waals surface area (Å²) in [7, 11) is 0. The van der Waals surface area contributed by atoms with Crippen molar-refractivity contribution in [1.29, 1.82) is 0 Å². The monoisotopic (exact) mass is 562 g/mol. The van der Waals surface area contributed by atoms with Gasteiger partial charge in [0.2, 0.25) is 0 Å². The highest BCUT2D eigenvalue weighted by atomic mass is 16.4. The van der Waals surface area contributed by atoms with Gasteiger partial charge in [-0.05, 0) is 56.6 Å². The zero-order valence-electron chi connectivity index (χ0n) is 23.4. The Morgan fingerprint density at radius 1 is 0.364 bits per heavy atom. The second-order valence-electron chi connectivity index (χ2n) is 11.3. The fourth-order valence-electron chi connectivity index (χ4n) is 6.85. The van der Waals surface area contributed by atoms with Crippen molar-refractivity contribution < 1.29 is 8.83 Å². The summed E-state index contributed by atoms with van der Waals surface area (Å²) < 4.78 is 13.0. The third-order valence-corrected chi connectivity index (χ3v) is 8.88. The van der Waals surface area contributed by atoms with E-state index in [4.69, 9.17) is 18.8 Å². The Morgan fingerprint density at radius 2 is 0.932 bits per heavy atom. The first-order chi connectivity index (χ1) is 21.8. The van der Waals surface area contributed by atoms with Crippen LogP contribution in [0.2, 0.25) is 0 Å². The molecule has 0 spiro atoms. The van der Waals surface area contributed by atoms with Gasteiger partial charge in [0.15, 0.2) is 22.6 Å². The lowest BCUT2D eigenvalue weighted by Gasteiger charge is -2.12. The van der Waals surface area contributed by atoms with Crippen LogP contribution in [0.3, 0.4) is 0 Å². The Labute approximate surface area is 250 Å². The van der Waals surface area contributed by atoms with Gasteiger partial charge in [-0.2, -0.15) is 0 Å². The highest BCUT2D eigenvalue weighted by Crippen LogP contribution is 2.42. The van der Waals surface area contributed by atoms with E-state index >= 15 is 0 Å². The lowest BCUT2D eigenvalue weighted by molar-refractivity contribution is 0.633. The molecule has 4 heteroatoms. The van der Waals surface area contributed by atoms with Crippen molar-refractivity contribution in [1.82, 2.24) is 9.97 Å². The van der Waals surface area contributed by atoms with Crippen LogP contribution in [0.5, 0.6) is 0 Å². The van der Waals surface area contributed by atoms with Crippen LogP contribution in [-0.4, -0.2) is 9.97 Å². The molecule has 3 aromatic heterocycles. The minimum Gasteiger partial charge on any atom is -0.452 e. The lowest BCUT2D eigenvalue weighted by atomic mass is 9.93. The first-order valence-electron chi connectivity index (χ1n) is 14.8. The van der Waals surface area contributed by atoms with E-state index in [9.17, 15) is 0 Å². The first kappa shape index (κ1) is 23.6. The van der Waals surface area contributed by atoms with Crippen LogP contribution in [0.15, 0.2) is 142 Å². The molecule has 44 heavy (non-hydrogen) atoms. The molecule has 0 radical (unpaired) electrons. The van der Waals surface area contributed by atoms with Gasteiger partial charge >= 0.3 is 0 Å². The SMILES string of the molecule is c1ccc(-c2nc(-c3ccc4c5ccccc5c5ccccc5c4c3)nc3c2oc2c3ccc3c4ccccc4oc32)cc1. The van der Waals surface area contributed by atoms with Gasteiger partial charge in [-0.15, -0.1) is 0 Å². The molecule has 0 unspecified atom stereocenters. The standard InChI is InChI=1S/C40H22N2O2/c1-2-10-23(11-3-1)35-39-36(32-21-20-31-30-16-8-9-17-34(30)43-37(31)38(32)44-39)42-40(41-35)24-18-19-29-27-14-5-4-12-25(27)26-13-6-7-15-28(26)33(29)22-24/h1-22H. The zero-order valence-corrected chi connectivity index (χ0v) is 23.4. The van der Waals surface area contributed by atoms with Crippen molar-refractivity contribution in [3.8, 4) is 22.6 Å². The molecule has 0 aliphatic carbocycles. The van der Waals surface area contributed by atoms with E-state index in [1.54, 1.807) is 0 Å². The molecule has 3 heterocycles. The van der Waals surface area contributed by atoms with Gasteiger partial charge in [0, 0.05) is 21.9 Å². The fraction of sp³-hybridized carbons (Fsp3) is 0. The van der Waals surface area contributed by atoms with Gasteiger partial charge < -0.3 is 8.83 Å².